The van der Waals surface area contributed by atoms with Crippen molar-refractivity contribution in [2.24, 2.45) is 0 Å². The molecule has 1 aromatic carbocycles. The van der Waals surface area contributed by atoms with E-state index in [-0.39, 0.29) is 0 Å². The topological polar surface area (TPSA) is 21.3 Å². The van der Waals surface area contributed by atoms with Gasteiger partial charge in [-0.15, -0.1) is 11.3 Å². The molecule has 0 aliphatic rings. The summed E-state index contributed by atoms with van der Waals surface area (Å²) in [7, 11) is 1.69. The van der Waals surface area contributed by atoms with E-state index in [2.05, 4.69) is 48.8 Å². The Labute approximate surface area is 113 Å². The summed E-state index contributed by atoms with van der Waals surface area (Å²) in [5, 5.41) is 5.72. The highest BCUT2D eigenvalue weighted by atomic mass is 32.1. The number of nitrogens with one attached hydrogen (secondary N) is 1. The maximum absolute atomic E-state index is 5.17. The van der Waals surface area contributed by atoms with Gasteiger partial charge in [-0.3, -0.25) is 0 Å². The minimum atomic E-state index is 0.327. The van der Waals surface area contributed by atoms with Crippen LogP contribution in [0.2, 0.25) is 0 Å². The lowest BCUT2D eigenvalue weighted by Gasteiger charge is -2.19. The first-order valence-corrected chi connectivity index (χ1v) is 7.02. The Morgan fingerprint density at radius 2 is 1.78 bits per heavy atom. The van der Waals surface area contributed by atoms with Crippen molar-refractivity contribution >= 4 is 11.3 Å². The van der Waals surface area contributed by atoms with Crippen molar-refractivity contribution in [2.45, 2.75) is 25.9 Å². The normalized spacial score (nSPS) is 14.2. The summed E-state index contributed by atoms with van der Waals surface area (Å²) < 4.78 is 5.17. The van der Waals surface area contributed by atoms with Crippen molar-refractivity contribution in [3.8, 4) is 5.75 Å². The molecule has 0 radical (unpaired) electrons. The Bertz CT molecular complexity index is 464. The van der Waals surface area contributed by atoms with Crippen LogP contribution in [0.25, 0.3) is 0 Å². The van der Waals surface area contributed by atoms with E-state index in [0.717, 1.165) is 5.75 Å². The number of hydrogen-bond donors (Lipinski definition) is 1. The van der Waals surface area contributed by atoms with Gasteiger partial charge in [0, 0.05) is 17.0 Å². The van der Waals surface area contributed by atoms with Gasteiger partial charge in [0.15, 0.2) is 0 Å². The van der Waals surface area contributed by atoms with E-state index < -0.39 is 0 Å². The van der Waals surface area contributed by atoms with Gasteiger partial charge in [0.1, 0.15) is 5.75 Å². The fourth-order valence-corrected chi connectivity index (χ4v) is 2.73. The lowest BCUT2D eigenvalue weighted by molar-refractivity contribution is 0.414. The summed E-state index contributed by atoms with van der Waals surface area (Å²) in [5.74, 6) is 0.900. The van der Waals surface area contributed by atoms with Gasteiger partial charge in [0.05, 0.1) is 7.11 Å². The molecule has 3 heteroatoms. The van der Waals surface area contributed by atoms with Crippen molar-refractivity contribution in [1.82, 2.24) is 5.32 Å². The molecule has 2 nitrogen and oxygen atoms in total. The molecule has 96 valence electrons. The summed E-state index contributed by atoms with van der Waals surface area (Å²) >= 11 is 1.79. The van der Waals surface area contributed by atoms with Crippen molar-refractivity contribution in [1.29, 1.82) is 0 Å². The first-order chi connectivity index (χ1) is 8.70. The van der Waals surface area contributed by atoms with Crippen LogP contribution in [0.5, 0.6) is 5.75 Å². The number of methoxy groups -OCH3 is 1. The van der Waals surface area contributed by atoms with Crippen LogP contribution in [0.3, 0.4) is 0 Å². The van der Waals surface area contributed by atoms with E-state index >= 15 is 0 Å². The molecule has 0 bridgehead atoms. The van der Waals surface area contributed by atoms with Crippen LogP contribution in [0.15, 0.2) is 41.8 Å². The van der Waals surface area contributed by atoms with Crippen LogP contribution in [0, 0.1) is 0 Å². The highest BCUT2D eigenvalue weighted by Gasteiger charge is 2.11. The average molecular weight is 261 g/mol. The van der Waals surface area contributed by atoms with Crippen molar-refractivity contribution < 1.29 is 4.74 Å². The Hall–Kier alpha value is -1.32. The van der Waals surface area contributed by atoms with Gasteiger partial charge in [0.25, 0.3) is 0 Å². The molecule has 1 heterocycles. The van der Waals surface area contributed by atoms with Crippen LogP contribution in [0.1, 0.15) is 36.4 Å². The molecule has 0 saturated carbocycles. The van der Waals surface area contributed by atoms with Crippen LogP contribution >= 0.6 is 11.3 Å². The van der Waals surface area contributed by atoms with Gasteiger partial charge in [-0.05, 0) is 43.0 Å². The first-order valence-electron chi connectivity index (χ1n) is 6.14. The quantitative estimate of drug-likeness (QED) is 0.872. The molecule has 2 aromatic rings. The van der Waals surface area contributed by atoms with Crippen LogP contribution in [0.4, 0.5) is 0 Å². The molecule has 0 amide bonds. The number of rotatable bonds is 5. The highest BCUT2D eigenvalue weighted by Crippen LogP contribution is 2.23. The number of ether oxygens (including phenoxy) is 1. The summed E-state index contributed by atoms with van der Waals surface area (Å²) in [6.45, 7) is 4.39. The minimum Gasteiger partial charge on any atom is -0.497 e. The predicted octanol–water partition coefficient (Wildman–Crippen LogP) is 4.17. The maximum atomic E-state index is 5.17. The average Bonchev–Trinajstić information content (AvgIpc) is 2.92. The van der Waals surface area contributed by atoms with Crippen molar-refractivity contribution in [3.05, 3.63) is 52.2 Å². The summed E-state index contributed by atoms with van der Waals surface area (Å²) in [4.78, 5) is 1.37. The minimum absolute atomic E-state index is 0.327. The second kappa shape index (κ2) is 6.03. The maximum Gasteiger partial charge on any atom is 0.118 e. The van der Waals surface area contributed by atoms with Crippen LogP contribution in [-0.4, -0.2) is 7.11 Å². The van der Waals surface area contributed by atoms with Crippen molar-refractivity contribution in [3.63, 3.8) is 0 Å². The number of thiophene rings is 1. The Kier molecular flexibility index (Phi) is 4.39. The highest BCUT2D eigenvalue weighted by molar-refractivity contribution is 7.10. The van der Waals surface area contributed by atoms with Gasteiger partial charge >= 0.3 is 0 Å². The van der Waals surface area contributed by atoms with Gasteiger partial charge in [-0.2, -0.15) is 0 Å². The van der Waals surface area contributed by atoms with E-state index in [4.69, 9.17) is 4.74 Å². The monoisotopic (exact) mass is 261 g/mol. The second-order valence-corrected chi connectivity index (χ2v) is 5.38. The molecule has 18 heavy (non-hydrogen) atoms. The molecule has 1 N–H and O–H groups in total. The summed E-state index contributed by atoms with van der Waals surface area (Å²) in [6.07, 6.45) is 0. The largest absolute Gasteiger partial charge is 0.497 e. The van der Waals surface area contributed by atoms with Gasteiger partial charge in [-0.25, -0.2) is 0 Å². The van der Waals surface area contributed by atoms with Crippen molar-refractivity contribution in [2.75, 3.05) is 7.11 Å². The van der Waals surface area contributed by atoms with Gasteiger partial charge in [0.2, 0.25) is 0 Å². The smallest absolute Gasteiger partial charge is 0.118 e. The molecule has 0 spiro atoms. The molecular weight excluding hydrogens is 242 g/mol. The van der Waals surface area contributed by atoms with Gasteiger partial charge in [-0.1, -0.05) is 18.2 Å². The molecular formula is C15H19NOS. The zero-order chi connectivity index (χ0) is 13.0. The fraction of sp³-hybridized carbons (Fsp3) is 0.333. The Morgan fingerprint density at radius 3 is 2.33 bits per heavy atom. The molecule has 0 saturated heterocycles. The molecule has 2 rings (SSSR count). The van der Waals surface area contributed by atoms with E-state index in [1.807, 2.05) is 12.1 Å². The van der Waals surface area contributed by atoms with E-state index in [0.29, 0.717) is 12.1 Å². The fourth-order valence-electron chi connectivity index (χ4n) is 1.98. The first kappa shape index (κ1) is 13.1. The van der Waals surface area contributed by atoms with Crippen LogP contribution in [-0.2, 0) is 0 Å². The zero-order valence-electron chi connectivity index (χ0n) is 11.0. The lowest BCUT2D eigenvalue weighted by Crippen LogP contribution is -2.21. The second-order valence-electron chi connectivity index (χ2n) is 4.40. The Morgan fingerprint density at radius 1 is 1.06 bits per heavy atom. The number of hydrogen-bond acceptors (Lipinski definition) is 3. The van der Waals surface area contributed by atoms with Crippen LogP contribution < -0.4 is 10.1 Å². The Balaban J connectivity index is 2.00. The third-order valence-electron chi connectivity index (χ3n) is 3.09. The molecule has 0 fully saturated rings. The number of benzene rings is 1. The predicted molar refractivity (Wildman–Crippen MR) is 77.3 cm³/mol. The zero-order valence-corrected chi connectivity index (χ0v) is 11.8. The lowest BCUT2D eigenvalue weighted by atomic mass is 10.1. The third-order valence-corrected chi connectivity index (χ3v) is 4.14. The molecule has 1 unspecified atom stereocenters. The summed E-state index contributed by atoms with van der Waals surface area (Å²) in [6, 6.07) is 13.2. The van der Waals surface area contributed by atoms with E-state index in [1.165, 1.54) is 10.4 Å². The van der Waals surface area contributed by atoms with Gasteiger partial charge < -0.3 is 10.1 Å². The van der Waals surface area contributed by atoms with E-state index in [1.54, 1.807) is 18.4 Å². The third kappa shape index (κ3) is 3.12. The van der Waals surface area contributed by atoms with E-state index in [9.17, 15) is 0 Å². The summed E-state index contributed by atoms with van der Waals surface area (Å²) in [5.41, 5.74) is 1.28. The molecule has 0 aliphatic carbocycles. The SMILES string of the molecule is COc1ccc([C@H](C)NC(C)c2cccs2)cc1. The molecule has 2 atom stereocenters. The standard InChI is InChI=1S/C15H19NOS/c1-11(13-6-8-14(17-3)9-7-13)16-12(2)15-5-4-10-18-15/h4-12,16H,1-3H3/t11-,12?/m0/s1. The molecule has 1 aromatic heterocycles. The molecule has 0 aliphatic heterocycles.